The SMILES string of the molecule is Cc1ccc(C)c(-n2c(N)nc3cc(Br)cnc32)c1. The number of nitrogens with two attached hydrogens (primary N) is 1. The van der Waals surface area contributed by atoms with Crippen LogP contribution < -0.4 is 5.73 Å². The van der Waals surface area contributed by atoms with Crippen molar-refractivity contribution in [2.24, 2.45) is 0 Å². The van der Waals surface area contributed by atoms with Crippen molar-refractivity contribution >= 4 is 33.0 Å². The molecule has 2 N–H and O–H groups in total. The minimum absolute atomic E-state index is 0.453. The molecule has 3 aromatic rings. The molecule has 0 saturated heterocycles. The number of aryl methyl sites for hydroxylation is 2. The zero-order chi connectivity index (χ0) is 13.6. The van der Waals surface area contributed by atoms with Crippen molar-refractivity contribution in [2.75, 3.05) is 5.73 Å². The van der Waals surface area contributed by atoms with E-state index in [1.807, 2.05) is 10.6 Å². The van der Waals surface area contributed by atoms with Crippen LogP contribution in [0.3, 0.4) is 0 Å². The van der Waals surface area contributed by atoms with Crippen molar-refractivity contribution in [2.45, 2.75) is 13.8 Å². The second-order valence-electron chi connectivity index (χ2n) is 4.59. The Morgan fingerprint density at radius 3 is 2.79 bits per heavy atom. The lowest BCUT2D eigenvalue weighted by molar-refractivity contribution is 1.06. The third-order valence-corrected chi connectivity index (χ3v) is 3.53. The molecule has 0 aliphatic carbocycles. The zero-order valence-corrected chi connectivity index (χ0v) is 12.3. The lowest BCUT2D eigenvalue weighted by atomic mass is 10.1. The average molecular weight is 317 g/mol. The van der Waals surface area contributed by atoms with E-state index in [0.717, 1.165) is 26.9 Å². The molecule has 0 fully saturated rings. The van der Waals surface area contributed by atoms with E-state index in [1.54, 1.807) is 6.20 Å². The van der Waals surface area contributed by atoms with Crippen molar-refractivity contribution in [1.82, 2.24) is 14.5 Å². The Bertz CT molecular complexity index is 776. The number of fused-ring (bicyclic) bond motifs is 1. The second-order valence-corrected chi connectivity index (χ2v) is 5.51. The first-order chi connectivity index (χ1) is 9.06. The number of hydrogen-bond acceptors (Lipinski definition) is 3. The van der Waals surface area contributed by atoms with Crippen LogP contribution >= 0.6 is 15.9 Å². The first kappa shape index (κ1) is 12.2. The van der Waals surface area contributed by atoms with Gasteiger partial charge >= 0.3 is 0 Å². The third-order valence-electron chi connectivity index (χ3n) is 3.10. The van der Waals surface area contributed by atoms with Gasteiger partial charge in [-0.15, -0.1) is 0 Å². The molecule has 19 heavy (non-hydrogen) atoms. The number of nitrogen functional groups attached to an aromatic ring is 1. The fourth-order valence-corrected chi connectivity index (χ4v) is 2.47. The van der Waals surface area contributed by atoms with E-state index in [1.165, 1.54) is 5.56 Å². The molecule has 0 aliphatic heterocycles. The summed E-state index contributed by atoms with van der Waals surface area (Å²) in [5, 5.41) is 0. The number of aromatic nitrogens is 3. The van der Waals surface area contributed by atoms with Gasteiger partial charge in [-0.1, -0.05) is 12.1 Å². The molecular weight excluding hydrogens is 304 g/mol. The minimum atomic E-state index is 0.453. The topological polar surface area (TPSA) is 56.7 Å². The standard InChI is InChI=1S/C14H13BrN4/c1-8-3-4-9(2)12(5-8)19-13-11(18-14(19)16)6-10(15)7-17-13/h3-7H,1-2H3,(H2,16,18). The quantitative estimate of drug-likeness (QED) is 0.748. The van der Waals surface area contributed by atoms with Crippen LogP contribution in [0.5, 0.6) is 0 Å². The van der Waals surface area contributed by atoms with E-state index in [0.29, 0.717) is 5.95 Å². The number of rotatable bonds is 1. The van der Waals surface area contributed by atoms with Crippen molar-refractivity contribution in [3.63, 3.8) is 0 Å². The lowest BCUT2D eigenvalue weighted by Crippen LogP contribution is -2.03. The predicted octanol–water partition coefficient (Wildman–Crippen LogP) is 3.38. The number of imidazole rings is 1. The van der Waals surface area contributed by atoms with Crippen LogP contribution in [0.2, 0.25) is 0 Å². The molecular formula is C14H13BrN4. The molecule has 1 aromatic carbocycles. The summed E-state index contributed by atoms with van der Waals surface area (Å²) in [7, 11) is 0. The maximum atomic E-state index is 6.05. The summed E-state index contributed by atoms with van der Waals surface area (Å²) in [6, 6.07) is 8.17. The molecule has 0 bridgehead atoms. The smallest absolute Gasteiger partial charge is 0.207 e. The van der Waals surface area contributed by atoms with Gasteiger partial charge in [-0.05, 0) is 53.0 Å². The van der Waals surface area contributed by atoms with Crippen LogP contribution in [-0.2, 0) is 0 Å². The maximum Gasteiger partial charge on any atom is 0.207 e. The zero-order valence-electron chi connectivity index (χ0n) is 10.7. The van der Waals surface area contributed by atoms with E-state index in [2.05, 4.69) is 57.9 Å². The van der Waals surface area contributed by atoms with Crippen LogP contribution in [0.4, 0.5) is 5.95 Å². The number of anilines is 1. The molecule has 96 valence electrons. The normalized spacial score (nSPS) is 11.1. The van der Waals surface area contributed by atoms with E-state index in [4.69, 9.17) is 5.73 Å². The molecule has 0 amide bonds. The van der Waals surface area contributed by atoms with Crippen molar-refractivity contribution in [3.05, 3.63) is 46.1 Å². The predicted molar refractivity (Wildman–Crippen MR) is 80.5 cm³/mol. The van der Waals surface area contributed by atoms with E-state index in [-0.39, 0.29) is 0 Å². The van der Waals surface area contributed by atoms with Crippen molar-refractivity contribution in [1.29, 1.82) is 0 Å². The van der Waals surface area contributed by atoms with Crippen molar-refractivity contribution in [3.8, 4) is 5.69 Å². The van der Waals surface area contributed by atoms with Gasteiger partial charge in [0.15, 0.2) is 5.65 Å². The van der Waals surface area contributed by atoms with Crippen LogP contribution in [0.25, 0.3) is 16.9 Å². The molecule has 4 nitrogen and oxygen atoms in total. The third kappa shape index (κ3) is 2.00. The van der Waals surface area contributed by atoms with Gasteiger partial charge in [-0.2, -0.15) is 0 Å². The first-order valence-corrected chi connectivity index (χ1v) is 6.72. The molecule has 2 aromatic heterocycles. The summed E-state index contributed by atoms with van der Waals surface area (Å²) in [5.74, 6) is 0.453. The highest BCUT2D eigenvalue weighted by Gasteiger charge is 2.13. The summed E-state index contributed by atoms with van der Waals surface area (Å²) in [6.07, 6.45) is 1.76. The van der Waals surface area contributed by atoms with Crippen LogP contribution in [-0.4, -0.2) is 14.5 Å². The molecule has 0 unspecified atom stereocenters. The number of pyridine rings is 1. The average Bonchev–Trinajstić information content (AvgIpc) is 2.67. The highest BCUT2D eigenvalue weighted by molar-refractivity contribution is 9.10. The summed E-state index contributed by atoms with van der Waals surface area (Å²) in [5.41, 5.74) is 11.0. The Morgan fingerprint density at radius 2 is 2.00 bits per heavy atom. The number of hydrogen-bond donors (Lipinski definition) is 1. The Morgan fingerprint density at radius 1 is 1.21 bits per heavy atom. The summed E-state index contributed by atoms with van der Waals surface area (Å²) in [4.78, 5) is 8.79. The Balaban J connectivity index is 2.36. The number of nitrogens with zero attached hydrogens (tertiary/aromatic N) is 3. The molecule has 0 radical (unpaired) electrons. The summed E-state index contributed by atoms with van der Waals surface area (Å²) < 4.78 is 2.79. The fourth-order valence-electron chi connectivity index (χ4n) is 2.16. The highest BCUT2D eigenvalue weighted by atomic mass is 79.9. The first-order valence-electron chi connectivity index (χ1n) is 5.93. The van der Waals surface area contributed by atoms with Gasteiger partial charge in [0.05, 0.1) is 5.69 Å². The largest absolute Gasteiger partial charge is 0.369 e. The highest BCUT2D eigenvalue weighted by Crippen LogP contribution is 2.26. The van der Waals surface area contributed by atoms with Gasteiger partial charge in [-0.25, -0.2) is 9.97 Å². The Labute approximate surface area is 119 Å². The molecule has 0 saturated carbocycles. The van der Waals surface area contributed by atoms with Gasteiger partial charge in [0.25, 0.3) is 0 Å². The maximum absolute atomic E-state index is 6.05. The van der Waals surface area contributed by atoms with Crippen LogP contribution in [0, 0.1) is 13.8 Å². The molecule has 0 spiro atoms. The van der Waals surface area contributed by atoms with E-state index >= 15 is 0 Å². The van der Waals surface area contributed by atoms with Gasteiger partial charge < -0.3 is 5.73 Å². The van der Waals surface area contributed by atoms with Crippen LogP contribution in [0.15, 0.2) is 34.9 Å². The van der Waals surface area contributed by atoms with E-state index in [9.17, 15) is 0 Å². The van der Waals surface area contributed by atoms with Gasteiger partial charge in [0, 0.05) is 10.7 Å². The monoisotopic (exact) mass is 316 g/mol. The van der Waals surface area contributed by atoms with Crippen molar-refractivity contribution < 1.29 is 0 Å². The van der Waals surface area contributed by atoms with Gasteiger partial charge in [-0.3, -0.25) is 4.57 Å². The van der Waals surface area contributed by atoms with Gasteiger partial charge in [0.1, 0.15) is 5.52 Å². The molecule has 5 heteroatoms. The van der Waals surface area contributed by atoms with Crippen LogP contribution in [0.1, 0.15) is 11.1 Å². The Hall–Kier alpha value is -1.88. The summed E-state index contributed by atoms with van der Waals surface area (Å²) in [6.45, 7) is 4.11. The minimum Gasteiger partial charge on any atom is -0.369 e. The lowest BCUT2D eigenvalue weighted by Gasteiger charge is -2.10. The number of benzene rings is 1. The van der Waals surface area contributed by atoms with Gasteiger partial charge in [0.2, 0.25) is 5.95 Å². The summed E-state index contributed by atoms with van der Waals surface area (Å²) >= 11 is 3.40. The molecule has 0 atom stereocenters. The molecule has 0 aliphatic rings. The molecule has 3 rings (SSSR count). The number of halogens is 1. The second kappa shape index (κ2) is 4.35. The fraction of sp³-hybridized carbons (Fsp3) is 0.143. The Kier molecular flexibility index (Phi) is 2.78. The van der Waals surface area contributed by atoms with E-state index < -0.39 is 0 Å². The molecule has 2 heterocycles.